The zero-order valence-electron chi connectivity index (χ0n) is 19.4. The number of nitrogens with one attached hydrogen (secondary N) is 3. The van der Waals surface area contributed by atoms with Gasteiger partial charge in [-0.3, -0.25) is 9.59 Å². The van der Waals surface area contributed by atoms with E-state index < -0.39 is 0 Å². The molecule has 7 nitrogen and oxygen atoms in total. The molecule has 0 saturated carbocycles. The fraction of sp³-hybridized carbons (Fsp3) is 0.360. The van der Waals surface area contributed by atoms with Crippen LogP contribution in [-0.2, 0) is 11.2 Å². The summed E-state index contributed by atoms with van der Waals surface area (Å²) in [4.78, 5) is 32.2. The van der Waals surface area contributed by atoms with Crippen LogP contribution in [0.25, 0.3) is 22.3 Å². The Bertz CT molecular complexity index is 1350. The largest absolute Gasteiger partial charge is 0.484 e. The number of likely N-dealkylation sites (N-methyl/N-ethyl adjacent to an activating group) is 1. The third kappa shape index (κ3) is 4.65. The number of amides is 2. The van der Waals surface area contributed by atoms with Crippen LogP contribution in [0.4, 0.5) is 4.39 Å². The van der Waals surface area contributed by atoms with Gasteiger partial charge in [-0.05, 0) is 56.5 Å². The van der Waals surface area contributed by atoms with Crippen LogP contribution < -0.4 is 20.6 Å². The average Bonchev–Trinajstić information content (AvgIpc) is 3.36. The summed E-state index contributed by atoms with van der Waals surface area (Å²) < 4.78 is 19.8. The summed E-state index contributed by atoms with van der Waals surface area (Å²) in [5, 5.41) is 5.34. The van der Waals surface area contributed by atoms with Crippen molar-refractivity contribution < 1.29 is 18.7 Å². The van der Waals surface area contributed by atoms with Crippen molar-refractivity contribution in [2.45, 2.75) is 33.1 Å². The number of aromatic amines is 2. The Morgan fingerprint density at radius 3 is 2.70 bits per heavy atom. The summed E-state index contributed by atoms with van der Waals surface area (Å²) in [5.41, 5.74) is 4.43. The van der Waals surface area contributed by atoms with Crippen molar-refractivity contribution in [1.29, 1.82) is 0 Å². The van der Waals surface area contributed by atoms with E-state index in [0.717, 1.165) is 33.8 Å². The Kier molecular flexibility index (Phi) is 6.26. The van der Waals surface area contributed by atoms with E-state index in [9.17, 15) is 14.0 Å². The quantitative estimate of drug-likeness (QED) is 0.514. The zero-order valence-corrected chi connectivity index (χ0v) is 19.4. The number of halogens is 1. The monoisotopic (exact) mass is 452 g/mol. The number of H-pyrrole nitrogens is 2. The molecule has 2 aromatic heterocycles. The van der Waals surface area contributed by atoms with Crippen molar-refractivity contribution in [2.75, 3.05) is 27.2 Å². The first-order chi connectivity index (χ1) is 15.7. The molecule has 0 saturated heterocycles. The van der Waals surface area contributed by atoms with Gasteiger partial charge in [0.25, 0.3) is 11.8 Å². The third-order valence-corrected chi connectivity index (χ3v) is 6.09. The molecule has 33 heavy (non-hydrogen) atoms. The van der Waals surface area contributed by atoms with Crippen molar-refractivity contribution in [3.05, 3.63) is 51.8 Å². The van der Waals surface area contributed by atoms with Crippen LogP contribution in [0.15, 0.2) is 24.3 Å². The van der Waals surface area contributed by atoms with Crippen LogP contribution in [0.1, 0.15) is 41.5 Å². The SMILES string of the molecule is CC1=c2c(CCNC(=O)c3cc4cc(OCC(=O)N(C)C)ccc4[nH]3)c(C)[nH]c2=C(F)CC1. The molecule has 0 unspecified atom stereocenters. The van der Waals surface area contributed by atoms with Gasteiger partial charge in [0.2, 0.25) is 0 Å². The molecule has 0 radical (unpaired) electrons. The Morgan fingerprint density at radius 2 is 1.94 bits per heavy atom. The lowest BCUT2D eigenvalue weighted by atomic mass is 9.99. The maximum atomic E-state index is 14.2. The minimum atomic E-state index is -0.211. The number of rotatable bonds is 7. The van der Waals surface area contributed by atoms with Gasteiger partial charge < -0.3 is 24.9 Å². The summed E-state index contributed by atoms with van der Waals surface area (Å²) in [7, 11) is 3.35. The van der Waals surface area contributed by atoms with Crippen LogP contribution >= 0.6 is 0 Å². The standard InChI is InChI=1S/C25H29FN4O3/c1-14-5-7-19(26)24-23(14)18(15(2)28-24)9-10-27-25(32)21-12-16-11-17(6-8-20(16)29-21)33-13-22(31)30(3)4/h6,8,11-12,28-29H,5,7,9-10,13H2,1-4H3,(H,27,32). The van der Waals surface area contributed by atoms with Crippen molar-refractivity contribution in [1.82, 2.24) is 20.2 Å². The maximum absolute atomic E-state index is 14.2. The average molecular weight is 453 g/mol. The highest BCUT2D eigenvalue weighted by molar-refractivity contribution is 5.98. The maximum Gasteiger partial charge on any atom is 0.267 e. The smallest absolute Gasteiger partial charge is 0.267 e. The normalized spacial score (nSPS) is 13.2. The lowest BCUT2D eigenvalue weighted by Crippen LogP contribution is -2.33. The van der Waals surface area contributed by atoms with Gasteiger partial charge in [0.1, 0.15) is 17.3 Å². The van der Waals surface area contributed by atoms with Crippen LogP contribution in [0, 0.1) is 6.92 Å². The molecule has 0 spiro atoms. The first-order valence-electron chi connectivity index (χ1n) is 11.0. The van der Waals surface area contributed by atoms with Gasteiger partial charge in [-0.1, -0.05) is 5.57 Å². The third-order valence-electron chi connectivity index (χ3n) is 6.09. The van der Waals surface area contributed by atoms with E-state index in [1.807, 2.05) is 19.9 Å². The van der Waals surface area contributed by atoms with E-state index >= 15 is 0 Å². The fourth-order valence-electron chi connectivity index (χ4n) is 4.19. The van der Waals surface area contributed by atoms with Crippen LogP contribution in [0.3, 0.4) is 0 Å². The van der Waals surface area contributed by atoms with Crippen LogP contribution in [-0.4, -0.2) is 53.9 Å². The summed E-state index contributed by atoms with van der Waals surface area (Å²) in [6.45, 7) is 4.38. The van der Waals surface area contributed by atoms with E-state index in [1.54, 1.807) is 32.3 Å². The second-order valence-corrected chi connectivity index (χ2v) is 8.68. The second-order valence-electron chi connectivity index (χ2n) is 8.68. The molecule has 3 N–H and O–H groups in total. The predicted octanol–water partition coefficient (Wildman–Crippen LogP) is 2.29. The Hall–Kier alpha value is -3.55. The highest BCUT2D eigenvalue weighted by atomic mass is 19.1. The molecule has 4 rings (SSSR count). The molecule has 1 aliphatic carbocycles. The van der Waals surface area contributed by atoms with Crippen LogP contribution in [0.2, 0.25) is 0 Å². The lowest BCUT2D eigenvalue weighted by Gasteiger charge is -2.11. The van der Waals surface area contributed by atoms with E-state index in [-0.39, 0.29) is 24.2 Å². The highest BCUT2D eigenvalue weighted by Gasteiger charge is 2.16. The van der Waals surface area contributed by atoms with E-state index in [0.29, 0.717) is 36.2 Å². The molecule has 2 amide bonds. The molecule has 1 aliphatic rings. The topological polar surface area (TPSA) is 90.2 Å². The molecule has 0 bridgehead atoms. The van der Waals surface area contributed by atoms with Gasteiger partial charge in [0.05, 0.1) is 5.35 Å². The molecule has 3 aromatic rings. The number of ether oxygens (including phenoxy) is 1. The summed E-state index contributed by atoms with van der Waals surface area (Å²) in [6.07, 6.45) is 1.78. The number of hydrogen-bond acceptors (Lipinski definition) is 3. The van der Waals surface area contributed by atoms with Crippen molar-refractivity contribution >= 4 is 34.1 Å². The van der Waals surface area contributed by atoms with Gasteiger partial charge in [-0.2, -0.15) is 0 Å². The number of hydrogen-bond donors (Lipinski definition) is 3. The lowest BCUT2D eigenvalue weighted by molar-refractivity contribution is -0.130. The zero-order chi connectivity index (χ0) is 23.7. The first kappa shape index (κ1) is 22.6. The highest BCUT2D eigenvalue weighted by Crippen LogP contribution is 2.22. The van der Waals surface area contributed by atoms with Gasteiger partial charge in [0.15, 0.2) is 6.61 Å². The molecule has 0 aliphatic heterocycles. The first-order valence-corrected chi connectivity index (χ1v) is 11.0. The number of fused-ring (bicyclic) bond motifs is 2. The minimum Gasteiger partial charge on any atom is -0.484 e. The fourth-order valence-corrected chi connectivity index (χ4v) is 4.19. The van der Waals surface area contributed by atoms with E-state index in [2.05, 4.69) is 15.3 Å². The predicted molar refractivity (Wildman–Crippen MR) is 126 cm³/mol. The second kappa shape index (κ2) is 9.13. The minimum absolute atomic E-state index is 0.0445. The molecule has 174 valence electrons. The van der Waals surface area contributed by atoms with Gasteiger partial charge in [-0.25, -0.2) is 4.39 Å². The molecule has 8 heteroatoms. The van der Waals surface area contributed by atoms with Gasteiger partial charge >= 0.3 is 0 Å². The molecular weight excluding hydrogens is 423 g/mol. The molecule has 1 aromatic carbocycles. The van der Waals surface area contributed by atoms with Gasteiger partial charge in [0, 0.05) is 48.9 Å². The number of nitrogens with zero attached hydrogens (tertiary/aromatic N) is 1. The molecule has 0 atom stereocenters. The number of aryl methyl sites for hydroxylation is 1. The summed E-state index contributed by atoms with van der Waals surface area (Å²) in [6, 6.07) is 7.14. The Balaban J connectivity index is 1.43. The number of carbonyl (C=O) groups excluding carboxylic acids is 2. The summed E-state index contributed by atoms with van der Waals surface area (Å²) >= 11 is 0. The molecule has 0 fully saturated rings. The van der Waals surface area contributed by atoms with Gasteiger partial charge in [-0.15, -0.1) is 0 Å². The van der Waals surface area contributed by atoms with Crippen molar-refractivity contribution in [3.63, 3.8) is 0 Å². The molecule has 2 heterocycles. The number of benzene rings is 1. The molecular formula is C25H29FN4O3. The number of carbonyl (C=O) groups is 2. The van der Waals surface area contributed by atoms with E-state index in [4.69, 9.17) is 4.74 Å². The Labute approximate surface area is 191 Å². The van der Waals surface area contributed by atoms with Crippen molar-refractivity contribution in [2.24, 2.45) is 0 Å². The van der Waals surface area contributed by atoms with Crippen LogP contribution in [0.5, 0.6) is 5.75 Å². The Morgan fingerprint density at radius 1 is 1.15 bits per heavy atom. The number of aromatic nitrogens is 2. The summed E-state index contributed by atoms with van der Waals surface area (Å²) in [5.74, 6) is 0.127. The van der Waals surface area contributed by atoms with Crippen molar-refractivity contribution in [3.8, 4) is 5.75 Å². The van der Waals surface area contributed by atoms with E-state index in [1.165, 1.54) is 10.5 Å².